The minimum atomic E-state index is -0.164. The SMILES string of the molecule is CCCNC(CCCOC)c1cc2ccc(F)cc2s1. The lowest BCUT2D eigenvalue weighted by atomic mass is 10.1. The molecule has 1 N–H and O–H groups in total. The summed E-state index contributed by atoms with van der Waals surface area (Å²) in [6, 6.07) is 7.52. The average molecular weight is 295 g/mol. The first-order valence-corrected chi connectivity index (χ1v) is 7.97. The summed E-state index contributed by atoms with van der Waals surface area (Å²) in [4.78, 5) is 1.29. The van der Waals surface area contributed by atoms with Gasteiger partial charge in [-0.3, -0.25) is 0 Å². The molecule has 4 heteroatoms. The second-order valence-electron chi connectivity index (χ2n) is 4.97. The molecule has 1 atom stereocenters. The van der Waals surface area contributed by atoms with Crippen molar-refractivity contribution >= 4 is 21.4 Å². The second-order valence-corrected chi connectivity index (χ2v) is 6.09. The van der Waals surface area contributed by atoms with E-state index >= 15 is 0 Å². The van der Waals surface area contributed by atoms with Crippen LogP contribution in [0, 0.1) is 5.82 Å². The summed E-state index contributed by atoms with van der Waals surface area (Å²) < 4.78 is 19.4. The Labute approximate surface area is 124 Å². The van der Waals surface area contributed by atoms with Crippen molar-refractivity contribution in [2.75, 3.05) is 20.3 Å². The second kappa shape index (κ2) is 7.72. The van der Waals surface area contributed by atoms with E-state index < -0.39 is 0 Å². The molecule has 0 spiro atoms. The largest absolute Gasteiger partial charge is 0.385 e. The molecule has 1 heterocycles. The molecule has 0 amide bonds. The van der Waals surface area contributed by atoms with E-state index in [-0.39, 0.29) is 5.82 Å². The number of methoxy groups -OCH3 is 1. The van der Waals surface area contributed by atoms with Crippen molar-refractivity contribution in [3.05, 3.63) is 35.0 Å². The maximum Gasteiger partial charge on any atom is 0.124 e. The molecule has 2 rings (SSSR count). The van der Waals surface area contributed by atoms with Crippen LogP contribution in [0.15, 0.2) is 24.3 Å². The molecule has 2 aromatic rings. The van der Waals surface area contributed by atoms with Crippen molar-refractivity contribution in [2.45, 2.75) is 32.2 Å². The van der Waals surface area contributed by atoms with E-state index in [1.807, 2.05) is 6.07 Å². The molecule has 0 aliphatic carbocycles. The number of hydrogen-bond donors (Lipinski definition) is 1. The number of thiophene rings is 1. The lowest BCUT2D eigenvalue weighted by Gasteiger charge is -2.16. The summed E-state index contributed by atoms with van der Waals surface area (Å²) in [7, 11) is 1.73. The van der Waals surface area contributed by atoms with E-state index in [0.717, 1.165) is 42.5 Å². The normalized spacial score (nSPS) is 12.9. The molecule has 110 valence electrons. The van der Waals surface area contributed by atoms with Gasteiger partial charge in [0.1, 0.15) is 5.82 Å². The van der Waals surface area contributed by atoms with Crippen LogP contribution in [-0.4, -0.2) is 20.3 Å². The summed E-state index contributed by atoms with van der Waals surface area (Å²) in [5.41, 5.74) is 0. The number of benzene rings is 1. The van der Waals surface area contributed by atoms with E-state index in [2.05, 4.69) is 18.3 Å². The Morgan fingerprint density at radius 1 is 1.35 bits per heavy atom. The van der Waals surface area contributed by atoms with Gasteiger partial charge in [0, 0.05) is 29.3 Å². The first-order chi connectivity index (χ1) is 9.74. The van der Waals surface area contributed by atoms with Gasteiger partial charge in [0.2, 0.25) is 0 Å². The number of nitrogens with one attached hydrogen (secondary N) is 1. The highest BCUT2D eigenvalue weighted by molar-refractivity contribution is 7.19. The molecule has 20 heavy (non-hydrogen) atoms. The van der Waals surface area contributed by atoms with Gasteiger partial charge in [0.05, 0.1) is 0 Å². The van der Waals surface area contributed by atoms with Gasteiger partial charge in [-0.2, -0.15) is 0 Å². The van der Waals surface area contributed by atoms with Gasteiger partial charge < -0.3 is 10.1 Å². The highest BCUT2D eigenvalue weighted by atomic mass is 32.1. The van der Waals surface area contributed by atoms with E-state index in [1.54, 1.807) is 24.5 Å². The molecule has 0 radical (unpaired) electrons. The van der Waals surface area contributed by atoms with Crippen molar-refractivity contribution in [2.24, 2.45) is 0 Å². The third kappa shape index (κ3) is 4.01. The molecule has 0 saturated carbocycles. The van der Waals surface area contributed by atoms with Gasteiger partial charge in [0.15, 0.2) is 0 Å². The molecule has 1 aromatic heterocycles. The molecule has 0 aliphatic rings. The molecule has 0 saturated heterocycles. The van der Waals surface area contributed by atoms with Crippen molar-refractivity contribution in [3.8, 4) is 0 Å². The molecule has 0 aliphatic heterocycles. The molecular formula is C16H22FNOS. The Balaban J connectivity index is 2.15. The van der Waals surface area contributed by atoms with Crippen molar-refractivity contribution in [1.82, 2.24) is 5.32 Å². The first-order valence-electron chi connectivity index (χ1n) is 7.16. The Kier molecular flexibility index (Phi) is 5.95. The monoisotopic (exact) mass is 295 g/mol. The molecule has 0 bridgehead atoms. The number of hydrogen-bond acceptors (Lipinski definition) is 3. The standard InChI is InChI=1S/C16H22FNOS/c1-3-8-18-14(5-4-9-19-2)16-10-12-6-7-13(17)11-15(12)20-16/h6-7,10-11,14,18H,3-5,8-9H2,1-2H3. The predicted molar refractivity (Wildman–Crippen MR) is 83.9 cm³/mol. The van der Waals surface area contributed by atoms with E-state index in [1.165, 1.54) is 10.9 Å². The minimum Gasteiger partial charge on any atom is -0.385 e. The number of halogens is 1. The fraction of sp³-hybridized carbons (Fsp3) is 0.500. The summed E-state index contributed by atoms with van der Waals surface area (Å²) >= 11 is 1.68. The Morgan fingerprint density at radius 3 is 2.95 bits per heavy atom. The zero-order valence-corrected chi connectivity index (χ0v) is 12.9. The predicted octanol–water partition coefficient (Wildman–Crippen LogP) is 4.51. The zero-order valence-electron chi connectivity index (χ0n) is 12.1. The van der Waals surface area contributed by atoms with Crippen LogP contribution in [0.25, 0.3) is 10.1 Å². The van der Waals surface area contributed by atoms with Gasteiger partial charge in [-0.25, -0.2) is 4.39 Å². The van der Waals surface area contributed by atoms with Crippen LogP contribution in [0.3, 0.4) is 0 Å². The van der Waals surface area contributed by atoms with Crippen molar-refractivity contribution < 1.29 is 9.13 Å². The zero-order chi connectivity index (χ0) is 14.4. The van der Waals surface area contributed by atoms with Gasteiger partial charge in [-0.05, 0) is 49.4 Å². The number of fused-ring (bicyclic) bond motifs is 1. The topological polar surface area (TPSA) is 21.3 Å². The number of ether oxygens (including phenoxy) is 1. The summed E-state index contributed by atoms with van der Waals surface area (Å²) in [5, 5.41) is 4.71. The third-order valence-corrected chi connectivity index (χ3v) is 4.54. The van der Waals surface area contributed by atoms with E-state index in [4.69, 9.17) is 4.74 Å². The molecular weight excluding hydrogens is 273 g/mol. The van der Waals surface area contributed by atoms with Crippen LogP contribution in [0.4, 0.5) is 4.39 Å². The Hall–Kier alpha value is -0.970. The van der Waals surface area contributed by atoms with Crippen molar-refractivity contribution in [1.29, 1.82) is 0 Å². The van der Waals surface area contributed by atoms with E-state index in [0.29, 0.717) is 6.04 Å². The number of rotatable bonds is 8. The van der Waals surface area contributed by atoms with Gasteiger partial charge in [0.25, 0.3) is 0 Å². The highest BCUT2D eigenvalue weighted by Gasteiger charge is 2.14. The van der Waals surface area contributed by atoms with Crippen molar-refractivity contribution in [3.63, 3.8) is 0 Å². The smallest absolute Gasteiger partial charge is 0.124 e. The van der Waals surface area contributed by atoms with Gasteiger partial charge in [-0.15, -0.1) is 11.3 Å². The fourth-order valence-corrected chi connectivity index (χ4v) is 3.49. The third-order valence-electron chi connectivity index (χ3n) is 3.33. The quantitative estimate of drug-likeness (QED) is 0.724. The summed E-state index contributed by atoms with van der Waals surface area (Å²) in [6.45, 7) is 3.95. The van der Waals surface area contributed by atoms with Crippen LogP contribution in [-0.2, 0) is 4.74 Å². The fourth-order valence-electron chi connectivity index (χ4n) is 2.29. The van der Waals surface area contributed by atoms with Gasteiger partial charge in [-0.1, -0.05) is 13.0 Å². The first kappa shape index (κ1) is 15.4. The molecule has 2 nitrogen and oxygen atoms in total. The van der Waals surface area contributed by atoms with Crippen LogP contribution in [0.2, 0.25) is 0 Å². The highest BCUT2D eigenvalue weighted by Crippen LogP contribution is 2.32. The Bertz CT molecular complexity index is 540. The Morgan fingerprint density at radius 2 is 2.20 bits per heavy atom. The minimum absolute atomic E-state index is 0.164. The molecule has 0 fully saturated rings. The average Bonchev–Trinajstić information content (AvgIpc) is 2.85. The van der Waals surface area contributed by atoms with Crippen LogP contribution < -0.4 is 5.32 Å². The summed E-state index contributed by atoms with van der Waals surface area (Å²) in [5.74, 6) is -0.164. The van der Waals surface area contributed by atoms with Crippen LogP contribution in [0.5, 0.6) is 0 Å². The maximum atomic E-state index is 13.3. The van der Waals surface area contributed by atoms with Crippen LogP contribution in [0.1, 0.15) is 37.1 Å². The van der Waals surface area contributed by atoms with E-state index in [9.17, 15) is 4.39 Å². The molecule has 1 unspecified atom stereocenters. The van der Waals surface area contributed by atoms with Gasteiger partial charge >= 0.3 is 0 Å². The summed E-state index contributed by atoms with van der Waals surface area (Å²) in [6.07, 6.45) is 3.18. The lowest BCUT2D eigenvalue weighted by molar-refractivity contribution is 0.189. The molecule has 1 aromatic carbocycles. The van der Waals surface area contributed by atoms with Crippen LogP contribution >= 0.6 is 11.3 Å². The lowest BCUT2D eigenvalue weighted by Crippen LogP contribution is -2.21. The maximum absolute atomic E-state index is 13.3.